The van der Waals surface area contributed by atoms with Crippen LogP contribution in [0.1, 0.15) is 31.9 Å². The highest BCUT2D eigenvalue weighted by Crippen LogP contribution is 2.21. The van der Waals surface area contributed by atoms with Crippen LogP contribution in [0.5, 0.6) is 0 Å². The van der Waals surface area contributed by atoms with Crippen LogP contribution >= 0.6 is 0 Å². The van der Waals surface area contributed by atoms with Gasteiger partial charge in [-0.25, -0.2) is 17.5 Å². The third kappa shape index (κ3) is 5.56. The molecule has 1 atom stereocenters. The highest BCUT2D eigenvalue weighted by Gasteiger charge is 2.15. The van der Waals surface area contributed by atoms with Crippen LogP contribution in [0.3, 0.4) is 0 Å². The fourth-order valence-corrected chi connectivity index (χ4v) is 2.76. The molecular weight excluding hydrogens is 279 g/mol. The van der Waals surface area contributed by atoms with Gasteiger partial charge in [0.15, 0.2) is 0 Å². The Morgan fingerprint density at radius 3 is 2.30 bits per heavy atom. The summed E-state index contributed by atoms with van der Waals surface area (Å²) in [4.78, 5) is 0. The summed E-state index contributed by atoms with van der Waals surface area (Å²) in [7, 11) is -1.73. The number of nitrogens with one attached hydrogen (secondary N) is 2. The van der Waals surface area contributed by atoms with Crippen molar-refractivity contribution in [2.45, 2.75) is 26.3 Å². The molecule has 1 aromatic carbocycles. The van der Waals surface area contributed by atoms with E-state index in [1.54, 1.807) is 12.1 Å². The fraction of sp³-hybridized carbons (Fsp3) is 0.571. The minimum Gasteiger partial charge on any atom is -0.310 e. The van der Waals surface area contributed by atoms with Crippen LogP contribution in [0, 0.1) is 11.7 Å². The second-order valence-electron chi connectivity index (χ2n) is 5.10. The SMILES string of the molecule is CNS(=O)(=O)CCCN[C@@H](c1ccc(F)cc1)C(C)C. The molecule has 1 rings (SSSR count). The monoisotopic (exact) mass is 302 g/mol. The zero-order valence-electron chi connectivity index (χ0n) is 12.2. The van der Waals surface area contributed by atoms with Crippen LogP contribution < -0.4 is 10.0 Å². The molecule has 20 heavy (non-hydrogen) atoms. The van der Waals surface area contributed by atoms with Gasteiger partial charge in [-0.2, -0.15) is 0 Å². The molecule has 0 saturated heterocycles. The Labute approximate surface area is 120 Å². The van der Waals surface area contributed by atoms with E-state index in [9.17, 15) is 12.8 Å². The van der Waals surface area contributed by atoms with Crippen LogP contribution in [0.15, 0.2) is 24.3 Å². The second kappa shape index (κ2) is 7.71. The number of sulfonamides is 1. The molecular formula is C14H23FN2O2S. The normalized spacial score (nSPS) is 13.7. The van der Waals surface area contributed by atoms with Crippen molar-refractivity contribution in [1.29, 1.82) is 0 Å². The smallest absolute Gasteiger partial charge is 0.211 e. The summed E-state index contributed by atoms with van der Waals surface area (Å²) in [6, 6.07) is 6.50. The summed E-state index contributed by atoms with van der Waals surface area (Å²) in [6.45, 7) is 4.75. The average molecular weight is 302 g/mol. The van der Waals surface area contributed by atoms with Crippen molar-refractivity contribution >= 4 is 10.0 Å². The molecule has 0 aromatic heterocycles. The van der Waals surface area contributed by atoms with Gasteiger partial charge in [0.25, 0.3) is 0 Å². The molecule has 0 heterocycles. The highest BCUT2D eigenvalue weighted by molar-refractivity contribution is 7.89. The lowest BCUT2D eigenvalue weighted by atomic mass is 9.96. The van der Waals surface area contributed by atoms with Crippen LogP contribution in [0.2, 0.25) is 0 Å². The van der Waals surface area contributed by atoms with Crippen molar-refractivity contribution in [2.75, 3.05) is 19.3 Å². The van der Waals surface area contributed by atoms with E-state index < -0.39 is 10.0 Å². The number of hydrogen-bond acceptors (Lipinski definition) is 3. The van der Waals surface area contributed by atoms with Gasteiger partial charge in [0.05, 0.1) is 5.75 Å². The highest BCUT2D eigenvalue weighted by atomic mass is 32.2. The fourth-order valence-electron chi connectivity index (χ4n) is 2.03. The molecule has 0 spiro atoms. The Morgan fingerprint density at radius 1 is 1.20 bits per heavy atom. The van der Waals surface area contributed by atoms with Crippen molar-refractivity contribution < 1.29 is 12.8 Å². The van der Waals surface area contributed by atoms with E-state index in [1.165, 1.54) is 19.2 Å². The summed E-state index contributed by atoms with van der Waals surface area (Å²) < 4.78 is 37.8. The largest absolute Gasteiger partial charge is 0.310 e. The van der Waals surface area contributed by atoms with E-state index in [2.05, 4.69) is 23.9 Å². The zero-order valence-corrected chi connectivity index (χ0v) is 13.0. The Kier molecular flexibility index (Phi) is 6.58. The molecule has 0 fully saturated rings. The first kappa shape index (κ1) is 17.1. The van der Waals surface area contributed by atoms with E-state index in [-0.39, 0.29) is 17.6 Å². The maximum absolute atomic E-state index is 12.9. The van der Waals surface area contributed by atoms with Gasteiger partial charge in [0, 0.05) is 6.04 Å². The summed E-state index contributed by atoms with van der Waals surface area (Å²) in [5, 5.41) is 3.34. The van der Waals surface area contributed by atoms with Gasteiger partial charge in [0.2, 0.25) is 10.0 Å². The molecule has 0 aliphatic rings. The summed E-state index contributed by atoms with van der Waals surface area (Å²) in [5.74, 6) is 0.183. The Bertz CT molecular complexity index is 500. The maximum Gasteiger partial charge on any atom is 0.211 e. The summed E-state index contributed by atoms with van der Waals surface area (Å²) >= 11 is 0. The van der Waals surface area contributed by atoms with Crippen LogP contribution in [0.25, 0.3) is 0 Å². The zero-order chi connectivity index (χ0) is 15.2. The molecule has 4 nitrogen and oxygen atoms in total. The third-order valence-corrected chi connectivity index (χ3v) is 4.61. The minimum absolute atomic E-state index is 0.0906. The second-order valence-corrected chi connectivity index (χ2v) is 7.15. The molecule has 0 aliphatic carbocycles. The van der Waals surface area contributed by atoms with Gasteiger partial charge in [0.1, 0.15) is 5.82 Å². The number of halogens is 1. The van der Waals surface area contributed by atoms with Crippen molar-refractivity contribution in [3.63, 3.8) is 0 Å². The Morgan fingerprint density at radius 2 is 1.80 bits per heavy atom. The Hall–Kier alpha value is -0.980. The topological polar surface area (TPSA) is 58.2 Å². The molecule has 0 saturated carbocycles. The minimum atomic E-state index is -3.15. The first-order valence-electron chi connectivity index (χ1n) is 6.76. The first-order valence-corrected chi connectivity index (χ1v) is 8.41. The molecule has 0 unspecified atom stereocenters. The number of benzene rings is 1. The number of hydrogen-bond donors (Lipinski definition) is 2. The summed E-state index contributed by atoms with van der Waals surface area (Å²) in [6.07, 6.45) is 0.535. The predicted octanol–water partition coefficient (Wildman–Crippen LogP) is 2.05. The quantitative estimate of drug-likeness (QED) is 0.723. The summed E-state index contributed by atoms with van der Waals surface area (Å²) in [5.41, 5.74) is 1.01. The van der Waals surface area contributed by atoms with Gasteiger partial charge < -0.3 is 5.32 Å². The molecule has 0 bridgehead atoms. The maximum atomic E-state index is 12.9. The van der Waals surface area contributed by atoms with Crippen molar-refractivity contribution in [3.05, 3.63) is 35.6 Å². The van der Waals surface area contributed by atoms with E-state index in [0.717, 1.165) is 5.56 Å². The van der Waals surface area contributed by atoms with E-state index in [1.807, 2.05) is 0 Å². The lowest BCUT2D eigenvalue weighted by molar-refractivity contribution is 0.412. The average Bonchev–Trinajstić information content (AvgIpc) is 2.40. The molecule has 0 radical (unpaired) electrons. The molecule has 2 N–H and O–H groups in total. The van der Waals surface area contributed by atoms with Crippen molar-refractivity contribution in [3.8, 4) is 0 Å². The van der Waals surface area contributed by atoms with Gasteiger partial charge in [-0.15, -0.1) is 0 Å². The number of rotatable bonds is 8. The molecule has 6 heteroatoms. The van der Waals surface area contributed by atoms with E-state index >= 15 is 0 Å². The van der Waals surface area contributed by atoms with Crippen molar-refractivity contribution in [2.24, 2.45) is 5.92 Å². The Balaban J connectivity index is 2.54. The van der Waals surface area contributed by atoms with Gasteiger partial charge in [-0.3, -0.25) is 0 Å². The standard InChI is InChI=1S/C14H23FN2O2S/c1-11(2)14(12-5-7-13(15)8-6-12)17-9-4-10-20(18,19)16-3/h5-8,11,14,16-17H,4,9-10H2,1-3H3/t14-/m1/s1. The van der Waals surface area contributed by atoms with Gasteiger partial charge in [-0.1, -0.05) is 26.0 Å². The molecule has 0 amide bonds. The molecule has 114 valence electrons. The predicted molar refractivity (Wildman–Crippen MR) is 79.4 cm³/mol. The molecule has 1 aromatic rings. The van der Waals surface area contributed by atoms with Crippen LogP contribution in [0.4, 0.5) is 4.39 Å². The van der Waals surface area contributed by atoms with Gasteiger partial charge in [-0.05, 0) is 43.6 Å². The van der Waals surface area contributed by atoms with Crippen LogP contribution in [-0.2, 0) is 10.0 Å². The first-order chi connectivity index (χ1) is 9.35. The lowest BCUT2D eigenvalue weighted by Gasteiger charge is -2.23. The van der Waals surface area contributed by atoms with Gasteiger partial charge >= 0.3 is 0 Å². The van der Waals surface area contributed by atoms with E-state index in [0.29, 0.717) is 18.9 Å². The van der Waals surface area contributed by atoms with E-state index in [4.69, 9.17) is 0 Å². The van der Waals surface area contributed by atoms with Crippen LogP contribution in [-0.4, -0.2) is 27.8 Å². The lowest BCUT2D eigenvalue weighted by Crippen LogP contribution is -2.29. The third-order valence-electron chi connectivity index (χ3n) is 3.16. The molecule has 0 aliphatic heterocycles. The van der Waals surface area contributed by atoms with Crippen molar-refractivity contribution in [1.82, 2.24) is 10.0 Å².